The Bertz CT molecular complexity index is 1090. The summed E-state index contributed by atoms with van der Waals surface area (Å²) in [4.78, 5) is 32.8. The van der Waals surface area contributed by atoms with Crippen LogP contribution in [0.1, 0.15) is 59.8 Å². The van der Waals surface area contributed by atoms with Crippen LogP contribution in [0.25, 0.3) is 11.3 Å². The molecule has 0 atom stereocenters. The van der Waals surface area contributed by atoms with Gasteiger partial charge in [0.25, 0.3) is 5.91 Å². The SMILES string of the molecule is CCCCOCC(=O)Nc1cc(-c2[nH]c3c(c2Cc2ccccc2)C(=O)CCC3)ccn1. The van der Waals surface area contributed by atoms with E-state index >= 15 is 0 Å². The van der Waals surface area contributed by atoms with Crippen molar-refractivity contribution in [3.05, 3.63) is 71.0 Å². The maximum absolute atomic E-state index is 12.8. The third-order valence-electron chi connectivity index (χ3n) is 5.71. The van der Waals surface area contributed by atoms with Crippen LogP contribution in [0.15, 0.2) is 48.7 Å². The Morgan fingerprint density at radius 3 is 2.84 bits per heavy atom. The molecule has 166 valence electrons. The fourth-order valence-corrected chi connectivity index (χ4v) is 4.14. The maximum Gasteiger partial charge on any atom is 0.251 e. The van der Waals surface area contributed by atoms with E-state index in [1.807, 2.05) is 30.3 Å². The van der Waals surface area contributed by atoms with Crippen LogP contribution < -0.4 is 5.32 Å². The number of aromatic nitrogens is 2. The smallest absolute Gasteiger partial charge is 0.251 e. The van der Waals surface area contributed by atoms with Crippen LogP contribution in [-0.2, 0) is 22.4 Å². The highest BCUT2D eigenvalue weighted by Crippen LogP contribution is 2.35. The summed E-state index contributed by atoms with van der Waals surface area (Å²) in [5, 5.41) is 2.81. The number of rotatable bonds is 9. The number of nitrogens with one attached hydrogen (secondary N) is 2. The van der Waals surface area contributed by atoms with E-state index in [4.69, 9.17) is 4.74 Å². The number of fused-ring (bicyclic) bond motifs is 1. The summed E-state index contributed by atoms with van der Waals surface area (Å²) in [6, 6.07) is 13.9. The standard InChI is InChI=1S/C26H29N3O3/c1-2-3-14-32-17-24(31)29-23-16-19(12-13-27-23)26-20(15-18-8-5-4-6-9-18)25-21(28-26)10-7-11-22(25)30/h4-6,8-9,12-13,16,28H,2-3,7,10-11,14-15,17H2,1H3,(H,27,29,31). The van der Waals surface area contributed by atoms with Crippen molar-refractivity contribution in [2.75, 3.05) is 18.5 Å². The number of Topliss-reactive ketones (excluding diaryl/α,β-unsaturated/α-hetero) is 1. The first kappa shape index (κ1) is 22.0. The van der Waals surface area contributed by atoms with E-state index in [1.165, 1.54) is 0 Å². The summed E-state index contributed by atoms with van der Waals surface area (Å²) in [6.45, 7) is 2.66. The lowest BCUT2D eigenvalue weighted by molar-refractivity contribution is -0.120. The molecule has 2 aromatic heterocycles. The van der Waals surface area contributed by atoms with E-state index < -0.39 is 0 Å². The first-order valence-corrected chi connectivity index (χ1v) is 11.3. The molecule has 2 N–H and O–H groups in total. The van der Waals surface area contributed by atoms with Crippen molar-refractivity contribution < 1.29 is 14.3 Å². The van der Waals surface area contributed by atoms with Gasteiger partial charge in [-0.2, -0.15) is 0 Å². The Labute approximate surface area is 188 Å². The molecule has 0 saturated heterocycles. The van der Waals surface area contributed by atoms with Gasteiger partial charge in [-0.15, -0.1) is 0 Å². The van der Waals surface area contributed by atoms with Crippen LogP contribution in [0.2, 0.25) is 0 Å². The number of ether oxygens (including phenoxy) is 1. The van der Waals surface area contributed by atoms with Crippen molar-refractivity contribution in [3.8, 4) is 11.3 Å². The number of hydrogen-bond acceptors (Lipinski definition) is 4. The first-order valence-electron chi connectivity index (χ1n) is 11.3. The molecule has 0 fully saturated rings. The van der Waals surface area contributed by atoms with E-state index in [0.717, 1.165) is 59.3 Å². The molecule has 0 unspecified atom stereocenters. The molecule has 1 aliphatic carbocycles. The minimum Gasteiger partial charge on any atom is -0.372 e. The van der Waals surface area contributed by atoms with Crippen molar-refractivity contribution in [1.29, 1.82) is 0 Å². The molecule has 1 aliphatic rings. The largest absolute Gasteiger partial charge is 0.372 e. The van der Waals surface area contributed by atoms with Gasteiger partial charge in [-0.1, -0.05) is 43.7 Å². The highest BCUT2D eigenvalue weighted by atomic mass is 16.5. The zero-order valence-corrected chi connectivity index (χ0v) is 18.4. The number of carbonyl (C=O) groups excluding carboxylic acids is 2. The Balaban J connectivity index is 1.61. The van der Waals surface area contributed by atoms with Crippen molar-refractivity contribution in [2.45, 2.75) is 45.4 Å². The van der Waals surface area contributed by atoms with Gasteiger partial charge in [0.05, 0.1) is 5.69 Å². The van der Waals surface area contributed by atoms with Crippen molar-refractivity contribution in [1.82, 2.24) is 9.97 Å². The average molecular weight is 432 g/mol. The Morgan fingerprint density at radius 1 is 1.19 bits per heavy atom. The lowest BCUT2D eigenvalue weighted by Crippen LogP contribution is -2.19. The van der Waals surface area contributed by atoms with Crippen molar-refractivity contribution in [2.24, 2.45) is 0 Å². The molecule has 0 bridgehead atoms. The number of aryl methyl sites for hydroxylation is 1. The fraction of sp³-hybridized carbons (Fsp3) is 0.346. The van der Waals surface area contributed by atoms with Crippen LogP contribution in [0, 0.1) is 0 Å². The van der Waals surface area contributed by atoms with Crippen LogP contribution in [0.4, 0.5) is 5.82 Å². The van der Waals surface area contributed by atoms with Gasteiger partial charge in [0, 0.05) is 42.5 Å². The van der Waals surface area contributed by atoms with Crippen LogP contribution >= 0.6 is 0 Å². The number of unbranched alkanes of at least 4 members (excludes halogenated alkanes) is 1. The van der Waals surface area contributed by atoms with Gasteiger partial charge < -0.3 is 15.0 Å². The molecule has 2 heterocycles. The number of nitrogens with zero attached hydrogens (tertiary/aromatic N) is 1. The number of pyridine rings is 1. The molecular formula is C26H29N3O3. The predicted molar refractivity (Wildman–Crippen MR) is 125 cm³/mol. The second kappa shape index (κ2) is 10.4. The number of amides is 1. The minimum atomic E-state index is -0.226. The van der Waals surface area contributed by atoms with E-state index in [-0.39, 0.29) is 18.3 Å². The number of benzene rings is 1. The lowest BCUT2D eigenvalue weighted by Gasteiger charge is -2.12. The van der Waals surface area contributed by atoms with E-state index in [1.54, 1.807) is 6.20 Å². The number of ketones is 1. The molecule has 3 aromatic rings. The minimum absolute atomic E-state index is 0.0104. The van der Waals surface area contributed by atoms with E-state index in [9.17, 15) is 9.59 Å². The molecular weight excluding hydrogens is 402 g/mol. The van der Waals surface area contributed by atoms with Crippen LogP contribution in [0.3, 0.4) is 0 Å². The zero-order valence-electron chi connectivity index (χ0n) is 18.4. The van der Waals surface area contributed by atoms with E-state index in [0.29, 0.717) is 25.3 Å². The average Bonchev–Trinajstić information content (AvgIpc) is 3.17. The van der Waals surface area contributed by atoms with Gasteiger partial charge in [0.15, 0.2) is 5.78 Å². The highest BCUT2D eigenvalue weighted by Gasteiger charge is 2.26. The second-order valence-corrected chi connectivity index (χ2v) is 8.16. The van der Waals surface area contributed by atoms with Gasteiger partial charge in [-0.05, 0) is 42.5 Å². The second-order valence-electron chi connectivity index (χ2n) is 8.16. The van der Waals surface area contributed by atoms with Gasteiger partial charge in [-0.25, -0.2) is 4.98 Å². The highest BCUT2D eigenvalue weighted by molar-refractivity contribution is 6.01. The zero-order chi connectivity index (χ0) is 22.3. The summed E-state index contributed by atoms with van der Waals surface area (Å²) in [7, 11) is 0. The number of anilines is 1. The van der Waals surface area contributed by atoms with E-state index in [2.05, 4.69) is 34.3 Å². The lowest BCUT2D eigenvalue weighted by atomic mass is 9.90. The Morgan fingerprint density at radius 2 is 2.03 bits per heavy atom. The summed E-state index contributed by atoms with van der Waals surface area (Å²) < 4.78 is 5.39. The van der Waals surface area contributed by atoms with Crippen LogP contribution in [0.5, 0.6) is 0 Å². The number of carbonyl (C=O) groups is 2. The molecule has 6 nitrogen and oxygen atoms in total. The Kier molecular flexibility index (Phi) is 7.12. The normalized spacial score (nSPS) is 13.1. The molecule has 32 heavy (non-hydrogen) atoms. The molecule has 0 radical (unpaired) electrons. The molecule has 0 aliphatic heterocycles. The molecule has 4 rings (SSSR count). The quantitative estimate of drug-likeness (QED) is 0.470. The van der Waals surface area contributed by atoms with Gasteiger partial charge in [0.1, 0.15) is 12.4 Å². The predicted octanol–water partition coefficient (Wildman–Crippen LogP) is 4.94. The topological polar surface area (TPSA) is 84.1 Å². The maximum atomic E-state index is 12.8. The summed E-state index contributed by atoms with van der Waals surface area (Å²) >= 11 is 0. The number of hydrogen-bond donors (Lipinski definition) is 2. The van der Waals surface area contributed by atoms with Crippen molar-refractivity contribution in [3.63, 3.8) is 0 Å². The molecule has 1 aromatic carbocycles. The third-order valence-corrected chi connectivity index (χ3v) is 5.71. The fourth-order valence-electron chi connectivity index (χ4n) is 4.14. The molecule has 0 spiro atoms. The van der Waals surface area contributed by atoms with Gasteiger partial charge >= 0.3 is 0 Å². The molecule has 0 saturated carbocycles. The van der Waals surface area contributed by atoms with Gasteiger partial charge in [0.2, 0.25) is 0 Å². The van der Waals surface area contributed by atoms with Crippen LogP contribution in [-0.4, -0.2) is 34.9 Å². The molecule has 6 heteroatoms. The molecule has 1 amide bonds. The van der Waals surface area contributed by atoms with Gasteiger partial charge in [-0.3, -0.25) is 9.59 Å². The third kappa shape index (κ3) is 5.14. The monoisotopic (exact) mass is 431 g/mol. The van der Waals surface area contributed by atoms with Crippen molar-refractivity contribution >= 4 is 17.5 Å². The number of H-pyrrole nitrogens is 1. The summed E-state index contributed by atoms with van der Waals surface area (Å²) in [6.07, 6.45) is 6.63. The Hall–Kier alpha value is -3.25. The first-order chi connectivity index (χ1) is 15.7. The summed E-state index contributed by atoms with van der Waals surface area (Å²) in [5.41, 5.74) is 5.83. The number of aromatic amines is 1. The summed E-state index contributed by atoms with van der Waals surface area (Å²) in [5.74, 6) is 0.443.